The number of carbonyl (C=O) groups excluding carboxylic acids is 1. The van der Waals surface area contributed by atoms with Crippen LogP contribution in [-0.4, -0.2) is 29.6 Å². The summed E-state index contributed by atoms with van der Waals surface area (Å²) in [7, 11) is 0. The van der Waals surface area contributed by atoms with Gasteiger partial charge >= 0.3 is 5.97 Å². The molecule has 94 valence electrons. The van der Waals surface area contributed by atoms with Crippen LogP contribution in [0.25, 0.3) is 0 Å². The summed E-state index contributed by atoms with van der Waals surface area (Å²) in [4.78, 5) is 21.8. The normalized spacial score (nSPS) is 14.4. The molecule has 0 fully saturated rings. The lowest BCUT2D eigenvalue weighted by Gasteiger charge is -2.39. The summed E-state index contributed by atoms with van der Waals surface area (Å²) in [5.41, 5.74) is 5.06. The van der Waals surface area contributed by atoms with Crippen molar-refractivity contribution in [3.8, 4) is 0 Å². The summed E-state index contributed by atoms with van der Waals surface area (Å²) in [6.07, 6.45) is 0. The van der Waals surface area contributed by atoms with Crippen molar-refractivity contribution < 1.29 is 14.7 Å². The maximum atomic E-state index is 11.3. The second-order valence-electron chi connectivity index (χ2n) is 5.67. The molecule has 1 unspecified atom stereocenters. The molecule has 0 aliphatic carbocycles. The molecule has 0 aromatic heterocycles. The lowest BCUT2D eigenvalue weighted by molar-refractivity contribution is -0.142. The number of nitrogens with one attached hydrogen (secondary N) is 1. The minimum absolute atomic E-state index is 0.00754. The van der Waals surface area contributed by atoms with Crippen molar-refractivity contribution in [2.75, 3.05) is 6.54 Å². The van der Waals surface area contributed by atoms with Gasteiger partial charge in [-0.15, -0.1) is 0 Å². The van der Waals surface area contributed by atoms with Crippen molar-refractivity contribution >= 4 is 11.9 Å². The van der Waals surface area contributed by atoms with E-state index in [2.05, 4.69) is 26.1 Å². The smallest absolute Gasteiger partial charge is 0.330 e. The third-order valence-electron chi connectivity index (χ3n) is 3.28. The molecule has 0 aliphatic rings. The number of hydrogen-bond acceptors (Lipinski definition) is 3. The van der Waals surface area contributed by atoms with Crippen molar-refractivity contribution in [1.29, 1.82) is 0 Å². The number of aliphatic carboxylic acids is 1. The zero-order chi connectivity index (χ0) is 13.1. The summed E-state index contributed by atoms with van der Waals surface area (Å²) in [5.74, 6) is -1.96. The van der Waals surface area contributed by atoms with E-state index in [1.54, 1.807) is 0 Å². The van der Waals surface area contributed by atoms with E-state index in [1.807, 2.05) is 13.8 Å². The van der Waals surface area contributed by atoms with Crippen molar-refractivity contribution in [1.82, 2.24) is 5.32 Å². The number of nitrogens with two attached hydrogens (primary N) is 1. The summed E-state index contributed by atoms with van der Waals surface area (Å²) < 4.78 is 0. The van der Waals surface area contributed by atoms with E-state index in [4.69, 9.17) is 10.8 Å². The number of hydrogen-bond donors (Lipinski definition) is 3. The highest BCUT2D eigenvalue weighted by Crippen LogP contribution is 2.36. The van der Waals surface area contributed by atoms with E-state index < -0.39 is 17.9 Å². The van der Waals surface area contributed by atoms with Crippen LogP contribution < -0.4 is 11.1 Å². The van der Waals surface area contributed by atoms with Gasteiger partial charge in [0.25, 0.3) is 0 Å². The van der Waals surface area contributed by atoms with Crippen molar-refractivity contribution in [2.24, 2.45) is 16.6 Å². The van der Waals surface area contributed by atoms with E-state index in [0.29, 0.717) is 6.54 Å². The first-order valence-corrected chi connectivity index (χ1v) is 5.25. The molecule has 0 heterocycles. The van der Waals surface area contributed by atoms with Gasteiger partial charge in [0.15, 0.2) is 6.04 Å². The molecule has 0 bridgehead atoms. The number of carboxylic acid groups (broad SMARTS) is 1. The number of rotatable bonds is 4. The fourth-order valence-electron chi connectivity index (χ4n) is 0.795. The molecule has 5 heteroatoms. The standard InChI is InChI=1S/C11H22N2O3/c1-10(2,3)11(4,5)6-13-8(14)7(12)9(15)16/h7H,6,12H2,1-5H3,(H,13,14)(H,15,16). The SMILES string of the molecule is CC(C)(C)C(C)(C)CNC(=O)C(N)C(=O)O. The molecule has 0 aromatic carbocycles. The third-order valence-corrected chi connectivity index (χ3v) is 3.28. The van der Waals surface area contributed by atoms with Crippen LogP contribution in [0.5, 0.6) is 0 Å². The van der Waals surface area contributed by atoms with Gasteiger partial charge in [0.1, 0.15) is 0 Å². The van der Waals surface area contributed by atoms with Crippen LogP contribution >= 0.6 is 0 Å². The largest absolute Gasteiger partial charge is 0.480 e. The van der Waals surface area contributed by atoms with E-state index in [1.165, 1.54) is 0 Å². The van der Waals surface area contributed by atoms with Gasteiger partial charge in [0.05, 0.1) is 0 Å². The zero-order valence-corrected chi connectivity index (χ0v) is 10.6. The van der Waals surface area contributed by atoms with Gasteiger partial charge in [-0.3, -0.25) is 4.79 Å². The van der Waals surface area contributed by atoms with Gasteiger partial charge in [-0.05, 0) is 10.8 Å². The molecule has 5 nitrogen and oxygen atoms in total. The quantitative estimate of drug-likeness (QED) is 0.616. The molecule has 0 rings (SSSR count). The fourth-order valence-corrected chi connectivity index (χ4v) is 0.795. The van der Waals surface area contributed by atoms with E-state index >= 15 is 0 Å². The predicted octanol–water partition coefficient (Wildman–Crippen LogP) is 0.587. The summed E-state index contributed by atoms with van der Waals surface area (Å²) in [6, 6.07) is -1.49. The second kappa shape index (κ2) is 4.82. The summed E-state index contributed by atoms with van der Waals surface area (Å²) >= 11 is 0. The monoisotopic (exact) mass is 230 g/mol. The van der Waals surface area contributed by atoms with Gasteiger partial charge in [0.2, 0.25) is 5.91 Å². The molecule has 4 N–H and O–H groups in total. The lowest BCUT2D eigenvalue weighted by atomic mass is 9.69. The molecule has 0 saturated heterocycles. The Labute approximate surface area is 96.4 Å². The van der Waals surface area contributed by atoms with Crippen LogP contribution in [0.4, 0.5) is 0 Å². The van der Waals surface area contributed by atoms with Gasteiger partial charge in [-0.2, -0.15) is 0 Å². The van der Waals surface area contributed by atoms with Crippen molar-refractivity contribution in [2.45, 2.75) is 40.7 Å². The molecule has 0 saturated carbocycles. The highest BCUT2D eigenvalue weighted by atomic mass is 16.4. The lowest BCUT2D eigenvalue weighted by Crippen LogP contribution is -2.50. The first-order chi connectivity index (χ1) is 6.99. The first-order valence-electron chi connectivity index (χ1n) is 5.25. The molecule has 0 radical (unpaired) electrons. The third kappa shape index (κ3) is 3.81. The summed E-state index contributed by atoms with van der Waals surface area (Å²) in [6.45, 7) is 10.6. The van der Waals surface area contributed by atoms with E-state index in [9.17, 15) is 9.59 Å². The molecular weight excluding hydrogens is 208 g/mol. The molecule has 0 aromatic rings. The fraction of sp³-hybridized carbons (Fsp3) is 0.818. The van der Waals surface area contributed by atoms with Gasteiger partial charge < -0.3 is 16.2 Å². The Morgan fingerprint density at radius 3 is 2.00 bits per heavy atom. The highest BCUT2D eigenvalue weighted by Gasteiger charge is 2.33. The van der Waals surface area contributed by atoms with Crippen molar-refractivity contribution in [3.05, 3.63) is 0 Å². The molecule has 1 atom stereocenters. The van der Waals surface area contributed by atoms with Crippen LogP contribution in [0.3, 0.4) is 0 Å². The van der Waals surface area contributed by atoms with Gasteiger partial charge in [-0.1, -0.05) is 34.6 Å². The van der Waals surface area contributed by atoms with Crippen LogP contribution in [0.2, 0.25) is 0 Å². The van der Waals surface area contributed by atoms with Crippen LogP contribution in [0, 0.1) is 10.8 Å². The number of carbonyl (C=O) groups is 2. The minimum Gasteiger partial charge on any atom is -0.480 e. The number of amides is 1. The maximum Gasteiger partial charge on any atom is 0.330 e. The Morgan fingerprint density at radius 1 is 1.25 bits per heavy atom. The Morgan fingerprint density at radius 2 is 1.69 bits per heavy atom. The Hall–Kier alpha value is -1.10. The van der Waals surface area contributed by atoms with Gasteiger partial charge in [0, 0.05) is 6.54 Å². The van der Waals surface area contributed by atoms with E-state index in [0.717, 1.165) is 0 Å². The Kier molecular flexibility index (Phi) is 4.49. The molecule has 0 aliphatic heterocycles. The molecule has 0 spiro atoms. The van der Waals surface area contributed by atoms with E-state index in [-0.39, 0.29) is 10.8 Å². The van der Waals surface area contributed by atoms with Crippen LogP contribution in [-0.2, 0) is 9.59 Å². The molecule has 1 amide bonds. The maximum absolute atomic E-state index is 11.3. The zero-order valence-electron chi connectivity index (χ0n) is 10.6. The minimum atomic E-state index is -1.49. The average molecular weight is 230 g/mol. The number of carboxylic acids is 1. The summed E-state index contributed by atoms with van der Waals surface area (Å²) in [5, 5.41) is 11.1. The highest BCUT2D eigenvalue weighted by molar-refractivity contribution is 6.00. The Bertz CT molecular complexity index is 279. The van der Waals surface area contributed by atoms with Crippen molar-refractivity contribution in [3.63, 3.8) is 0 Å². The van der Waals surface area contributed by atoms with Gasteiger partial charge in [-0.25, -0.2) is 4.79 Å². The van der Waals surface area contributed by atoms with Crippen LogP contribution in [0.15, 0.2) is 0 Å². The topological polar surface area (TPSA) is 92.4 Å². The Balaban J connectivity index is 4.37. The first kappa shape index (κ1) is 14.9. The molecular formula is C11H22N2O3. The average Bonchev–Trinajstić information content (AvgIpc) is 2.11. The predicted molar refractivity (Wildman–Crippen MR) is 61.9 cm³/mol. The van der Waals surface area contributed by atoms with Crippen LogP contribution in [0.1, 0.15) is 34.6 Å². The second-order valence-corrected chi connectivity index (χ2v) is 5.67. The molecule has 16 heavy (non-hydrogen) atoms.